The lowest BCUT2D eigenvalue weighted by atomic mass is 10.4. The van der Waals surface area contributed by atoms with Crippen LogP contribution >= 0.6 is 0 Å². The molecule has 0 atom stereocenters. The highest BCUT2D eigenvalue weighted by molar-refractivity contribution is 5.31. The van der Waals surface area contributed by atoms with Gasteiger partial charge in [0.1, 0.15) is 0 Å². The highest BCUT2D eigenvalue weighted by Crippen LogP contribution is 2.27. The van der Waals surface area contributed by atoms with Crippen molar-refractivity contribution in [3.8, 4) is 0 Å². The molecule has 5 nitrogen and oxygen atoms in total. The summed E-state index contributed by atoms with van der Waals surface area (Å²) in [5.41, 5.74) is 0. The average Bonchev–Trinajstić information content (AvgIpc) is 2.61. The number of aryl methyl sites for hydroxylation is 1. The molecule has 8 heteroatoms. The van der Waals surface area contributed by atoms with Crippen molar-refractivity contribution in [1.29, 1.82) is 0 Å². The molecule has 0 radical (unpaired) electrons. The molecule has 1 aromatic heterocycles. The van der Waals surface area contributed by atoms with Crippen molar-refractivity contribution in [3.63, 3.8) is 0 Å². The van der Waals surface area contributed by atoms with Gasteiger partial charge in [0.2, 0.25) is 5.95 Å². The quantitative estimate of drug-likeness (QED) is 0.757. The normalized spacial score (nSPS) is 17.9. The third kappa shape index (κ3) is 2.11. The van der Waals surface area contributed by atoms with Crippen LogP contribution < -0.4 is 10.2 Å². The molecule has 1 aliphatic rings. The van der Waals surface area contributed by atoms with Gasteiger partial charge in [0.05, 0.1) is 0 Å². The van der Waals surface area contributed by atoms with Crippen LogP contribution in [0.4, 0.5) is 19.1 Å². The molecule has 0 aromatic carbocycles. The van der Waals surface area contributed by atoms with Gasteiger partial charge in [0.25, 0.3) is 5.82 Å². The Hall–Kier alpha value is -1.31. The van der Waals surface area contributed by atoms with Gasteiger partial charge in [-0.15, -0.1) is 5.10 Å². The zero-order chi connectivity index (χ0) is 11.8. The molecule has 0 saturated carbocycles. The number of nitrogens with one attached hydrogen (secondary N) is 1. The summed E-state index contributed by atoms with van der Waals surface area (Å²) in [5.74, 6) is -0.808. The van der Waals surface area contributed by atoms with E-state index in [0.29, 0.717) is 13.1 Å². The van der Waals surface area contributed by atoms with Gasteiger partial charge >= 0.3 is 6.18 Å². The molecule has 1 aromatic rings. The van der Waals surface area contributed by atoms with Crippen LogP contribution in [0, 0.1) is 0 Å². The van der Waals surface area contributed by atoms with Crippen molar-refractivity contribution in [3.05, 3.63) is 5.82 Å². The molecule has 2 rings (SSSR count). The van der Waals surface area contributed by atoms with Crippen molar-refractivity contribution in [2.45, 2.75) is 6.18 Å². The largest absolute Gasteiger partial charge is 0.453 e. The van der Waals surface area contributed by atoms with Gasteiger partial charge in [0.15, 0.2) is 0 Å². The topological polar surface area (TPSA) is 46.0 Å². The Balaban J connectivity index is 2.24. The summed E-state index contributed by atoms with van der Waals surface area (Å²) in [7, 11) is 1.47. The maximum atomic E-state index is 12.4. The van der Waals surface area contributed by atoms with Gasteiger partial charge in [-0.25, -0.2) is 4.68 Å². The van der Waals surface area contributed by atoms with E-state index < -0.39 is 12.0 Å². The molecule has 16 heavy (non-hydrogen) atoms. The van der Waals surface area contributed by atoms with Crippen molar-refractivity contribution in [1.82, 2.24) is 20.1 Å². The zero-order valence-electron chi connectivity index (χ0n) is 8.75. The predicted octanol–water partition coefficient (Wildman–Crippen LogP) is 0.243. The second-order valence-electron chi connectivity index (χ2n) is 3.59. The molecule has 0 amide bonds. The molecule has 1 saturated heterocycles. The Morgan fingerprint density at radius 3 is 2.38 bits per heavy atom. The first-order chi connectivity index (χ1) is 7.48. The van der Waals surface area contributed by atoms with Gasteiger partial charge in [0, 0.05) is 33.2 Å². The number of hydrogen-bond acceptors (Lipinski definition) is 4. The van der Waals surface area contributed by atoms with E-state index in [1.165, 1.54) is 11.7 Å². The third-order valence-electron chi connectivity index (χ3n) is 2.39. The Morgan fingerprint density at radius 1 is 1.25 bits per heavy atom. The summed E-state index contributed by atoms with van der Waals surface area (Å²) in [6.07, 6.45) is -4.48. The Bertz CT molecular complexity index is 366. The number of rotatable bonds is 1. The third-order valence-corrected chi connectivity index (χ3v) is 2.39. The molecule has 0 bridgehead atoms. The maximum absolute atomic E-state index is 12.4. The van der Waals surface area contributed by atoms with Crippen LogP contribution in [0.15, 0.2) is 0 Å². The van der Waals surface area contributed by atoms with E-state index in [1.807, 2.05) is 0 Å². The molecule has 1 N–H and O–H groups in total. The molecular weight excluding hydrogens is 223 g/mol. The smallest absolute Gasteiger partial charge is 0.338 e. The molecule has 2 heterocycles. The van der Waals surface area contributed by atoms with E-state index in [2.05, 4.69) is 15.4 Å². The number of nitrogens with zero attached hydrogens (tertiary/aromatic N) is 4. The van der Waals surface area contributed by atoms with E-state index in [0.717, 1.165) is 13.1 Å². The monoisotopic (exact) mass is 235 g/mol. The fourth-order valence-corrected chi connectivity index (χ4v) is 1.64. The fraction of sp³-hybridized carbons (Fsp3) is 0.750. The number of hydrogen-bond donors (Lipinski definition) is 1. The van der Waals surface area contributed by atoms with Gasteiger partial charge in [-0.2, -0.15) is 18.2 Å². The Morgan fingerprint density at radius 2 is 1.88 bits per heavy atom. The minimum atomic E-state index is -4.48. The first kappa shape index (κ1) is 11.2. The molecule has 1 aliphatic heterocycles. The molecule has 0 unspecified atom stereocenters. The maximum Gasteiger partial charge on any atom is 0.453 e. The van der Waals surface area contributed by atoms with E-state index in [1.54, 1.807) is 4.90 Å². The summed E-state index contributed by atoms with van der Waals surface area (Å²) >= 11 is 0. The average molecular weight is 235 g/mol. The van der Waals surface area contributed by atoms with Gasteiger partial charge in [-0.05, 0) is 0 Å². The van der Waals surface area contributed by atoms with Crippen molar-refractivity contribution >= 4 is 5.95 Å². The standard InChI is InChI=1S/C8H12F3N5/c1-15-7(16-4-2-12-3-5-16)13-6(14-15)8(9,10)11/h12H,2-5H2,1H3. The summed E-state index contributed by atoms with van der Waals surface area (Å²) in [5, 5.41) is 6.50. The molecule has 0 aliphatic carbocycles. The van der Waals surface area contributed by atoms with Crippen molar-refractivity contribution in [2.75, 3.05) is 31.1 Å². The summed E-state index contributed by atoms with van der Waals surface area (Å²) in [4.78, 5) is 5.32. The lowest BCUT2D eigenvalue weighted by Crippen LogP contribution is -2.44. The number of aromatic nitrogens is 3. The van der Waals surface area contributed by atoms with Crippen molar-refractivity contribution < 1.29 is 13.2 Å². The first-order valence-corrected chi connectivity index (χ1v) is 4.92. The molecule has 90 valence electrons. The second-order valence-corrected chi connectivity index (χ2v) is 3.59. The van der Waals surface area contributed by atoms with E-state index in [4.69, 9.17) is 0 Å². The van der Waals surface area contributed by atoms with E-state index >= 15 is 0 Å². The SMILES string of the molecule is Cn1nc(C(F)(F)F)nc1N1CCNCC1. The first-order valence-electron chi connectivity index (χ1n) is 4.92. The Kier molecular flexibility index (Phi) is 2.75. The summed E-state index contributed by atoms with van der Waals surface area (Å²) < 4.78 is 38.3. The summed E-state index contributed by atoms with van der Waals surface area (Å²) in [6.45, 7) is 2.77. The second kappa shape index (κ2) is 3.93. The fourth-order valence-electron chi connectivity index (χ4n) is 1.64. The molecular formula is C8H12F3N5. The lowest BCUT2D eigenvalue weighted by Gasteiger charge is -2.27. The van der Waals surface area contributed by atoms with Crippen molar-refractivity contribution in [2.24, 2.45) is 7.05 Å². The number of halogens is 3. The van der Waals surface area contributed by atoms with Crippen LogP contribution in [0.1, 0.15) is 5.82 Å². The predicted molar refractivity (Wildman–Crippen MR) is 51.1 cm³/mol. The highest BCUT2D eigenvalue weighted by atomic mass is 19.4. The van der Waals surface area contributed by atoms with Crippen LogP contribution in [0.5, 0.6) is 0 Å². The Labute approximate surface area is 90.2 Å². The van der Waals surface area contributed by atoms with Crippen LogP contribution in [0.2, 0.25) is 0 Å². The number of piperazine rings is 1. The molecule has 1 fully saturated rings. The van der Waals surface area contributed by atoms with Crippen LogP contribution in [0.25, 0.3) is 0 Å². The van der Waals surface area contributed by atoms with E-state index in [9.17, 15) is 13.2 Å². The van der Waals surface area contributed by atoms with Gasteiger partial charge in [-0.3, -0.25) is 0 Å². The minimum absolute atomic E-state index is 0.272. The van der Waals surface area contributed by atoms with E-state index in [-0.39, 0.29) is 5.95 Å². The lowest BCUT2D eigenvalue weighted by molar-refractivity contribution is -0.144. The summed E-state index contributed by atoms with van der Waals surface area (Å²) in [6, 6.07) is 0. The molecule has 0 spiro atoms. The van der Waals surface area contributed by atoms with Gasteiger partial charge in [-0.1, -0.05) is 0 Å². The van der Waals surface area contributed by atoms with Crippen LogP contribution in [-0.2, 0) is 13.2 Å². The highest BCUT2D eigenvalue weighted by Gasteiger charge is 2.37. The van der Waals surface area contributed by atoms with Crippen LogP contribution in [-0.4, -0.2) is 40.9 Å². The minimum Gasteiger partial charge on any atom is -0.338 e. The number of alkyl halides is 3. The van der Waals surface area contributed by atoms with Crippen LogP contribution in [0.3, 0.4) is 0 Å². The van der Waals surface area contributed by atoms with Gasteiger partial charge < -0.3 is 10.2 Å². The number of anilines is 1. The zero-order valence-corrected chi connectivity index (χ0v) is 8.75.